The Morgan fingerprint density at radius 3 is 2.50 bits per heavy atom. The molecule has 0 atom stereocenters. The van der Waals surface area contributed by atoms with Gasteiger partial charge in [0, 0.05) is 10.6 Å². The molecule has 104 valence electrons. The van der Waals surface area contributed by atoms with Crippen LogP contribution in [0.15, 0.2) is 48.5 Å². The number of carbonyl (C=O) groups is 1. The maximum atomic E-state index is 12.0. The summed E-state index contributed by atoms with van der Waals surface area (Å²) >= 11 is 5.79. The fraction of sp³-hybridized carbons (Fsp3) is 0.235. The third-order valence-corrected chi connectivity index (χ3v) is 3.31. The van der Waals surface area contributed by atoms with E-state index in [1.165, 1.54) is 5.56 Å². The molecule has 0 saturated heterocycles. The van der Waals surface area contributed by atoms with Gasteiger partial charge in [0.05, 0.1) is 0 Å². The summed E-state index contributed by atoms with van der Waals surface area (Å²) in [5, 5.41) is 0.618. The largest absolute Gasteiger partial charge is 0.485 e. The summed E-state index contributed by atoms with van der Waals surface area (Å²) in [6.45, 7) is 4.28. The Morgan fingerprint density at radius 1 is 1.15 bits per heavy atom. The van der Waals surface area contributed by atoms with Crippen LogP contribution in [-0.4, -0.2) is 12.4 Å². The fourth-order valence-corrected chi connectivity index (χ4v) is 1.96. The van der Waals surface area contributed by atoms with Crippen molar-refractivity contribution in [2.75, 3.05) is 6.61 Å². The van der Waals surface area contributed by atoms with E-state index in [2.05, 4.69) is 19.9 Å². The summed E-state index contributed by atoms with van der Waals surface area (Å²) in [7, 11) is 0. The van der Waals surface area contributed by atoms with Gasteiger partial charge in [-0.2, -0.15) is 0 Å². The second kappa shape index (κ2) is 6.58. The molecule has 3 heteroatoms. The Balaban J connectivity index is 1.99. The number of carbonyl (C=O) groups excluding carboxylic acids is 1. The smallest absolute Gasteiger partial charge is 0.200 e. The number of hydrogen-bond donors (Lipinski definition) is 0. The van der Waals surface area contributed by atoms with E-state index in [9.17, 15) is 4.79 Å². The van der Waals surface area contributed by atoms with Crippen molar-refractivity contribution >= 4 is 17.4 Å². The Kier molecular flexibility index (Phi) is 4.80. The molecule has 0 bridgehead atoms. The van der Waals surface area contributed by atoms with Crippen molar-refractivity contribution in [3.8, 4) is 5.75 Å². The van der Waals surface area contributed by atoms with E-state index < -0.39 is 0 Å². The van der Waals surface area contributed by atoms with Gasteiger partial charge in [0.1, 0.15) is 5.75 Å². The molecule has 2 rings (SSSR count). The van der Waals surface area contributed by atoms with Crippen LogP contribution in [0.5, 0.6) is 5.75 Å². The number of hydrogen-bond acceptors (Lipinski definition) is 2. The zero-order chi connectivity index (χ0) is 14.5. The minimum Gasteiger partial charge on any atom is -0.485 e. The summed E-state index contributed by atoms with van der Waals surface area (Å²) in [6, 6.07) is 14.6. The molecule has 20 heavy (non-hydrogen) atoms. The van der Waals surface area contributed by atoms with E-state index in [4.69, 9.17) is 16.3 Å². The van der Waals surface area contributed by atoms with Crippen molar-refractivity contribution in [2.24, 2.45) is 0 Å². The van der Waals surface area contributed by atoms with Crippen molar-refractivity contribution < 1.29 is 9.53 Å². The first-order valence-corrected chi connectivity index (χ1v) is 6.95. The molecule has 2 nitrogen and oxygen atoms in total. The summed E-state index contributed by atoms with van der Waals surface area (Å²) in [6.07, 6.45) is 0. The number of rotatable bonds is 5. The van der Waals surface area contributed by atoms with E-state index in [0.717, 1.165) is 5.75 Å². The van der Waals surface area contributed by atoms with Crippen molar-refractivity contribution in [2.45, 2.75) is 19.8 Å². The summed E-state index contributed by atoms with van der Waals surface area (Å²) < 4.78 is 5.56. The quantitative estimate of drug-likeness (QED) is 0.744. The number of Topliss-reactive ketones (excluding diaryl/α,β-unsaturated/α-hetero) is 1. The Hall–Kier alpha value is -1.80. The van der Waals surface area contributed by atoms with Crippen molar-refractivity contribution in [1.82, 2.24) is 0 Å². The molecule has 0 heterocycles. The monoisotopic (exact) mass is 288 g/mol. The zero-order valence-electron chi connectivity index (χ0n) is 11.6. The first kappa shape index (κ1) is 14.6. The van der Waals surface area contributed by atoms with E-state index in [1.807, 2.05) is 18.2 Å². The van der Waals surface area contributed by atoms with Crippen molar-refractivity contribution in [3.05, 3.63) is 64.7 Å². The number of halogens is 1. The standard InChI is InChI=1S/C17H17ClO2/c1-12(2)14-4-3-5-16(10-14)20-11-17(19)13-6-8-15(18)9-7-13/h3-10,12H,11H2,1-2H3. The van der Waals surface area contributed by atoms with Gasteiger partial charge in [-0.05, 0) is 47.9 Å². The lowest BCUT2D eigenvalue weighted by molar-refractivity contribution is 0.0921. The highest BCUT2D eigenvalue weighted by atomic mass is 35.5. The molecule has 0 amide bonds. The van der Waals surface area contributed by atoms with Crippen LogP contribution in [0.2, 0.25) is 5.02 Å². The predicted octanol–water partition coefficient (Wildman–Crippen LogP) is 4.73. The predicted molar refractivity (Wildman–Crippen MR) is 81.8 cm³/mol. The van der Waals surface area contributed by atoms with Crippen LogP contribution in [0.25, 0.3) is 0 Å². The molecule has 0 aliphatic heterocycles. The lowest BCUT2D eigenvalue weighted by Gasteiger charge is -2.09. The van der Waals surface area contributed by atoms with Crippen LogP contribution in [0.1, 0.15) is 35.7 Å². The highest BCUT2D eigenvalue weighted by Crippen LogP contribution is 2.20. The van der Waals surface area contributed by atoms with Crippen molar-refractivity contribution in [3.63, 3.8) is 0 Å². The Labute approximate surface area is 124 Å². The molecular formula is C17H17ClO2. The Morgan fingerprint density at radius 2 is 1.85 bits per heavy atom. The zero-order valence-corrected chi connectivity index (χ0v) is 12.4. The van der Waals surface area contributed by atoms with Crippen LogP contribution in [0.4, 0.5) is 0 Å². The van der Waals surface area contributed by atoms with Crippen LogP contribution in [0.3, 0.4) is 0 Å². The van der Waals surface area contributed by atoms with Gasteiger partial charge in [-0.3, -0.25) is 4.79 Å². The maximum Gasteiger partial charge on any atom is 0.200 e. The average Bonchev–Trinajstić information content (AvgIpc) is 2.46. The van der Waals surface area contributed by atoms with E-state index >= 15 is 0 Å². The van der Waals surface area contributed by atoms with Gasteiger partial charge in [0.2, 0.25) is 0 Å². The van der Waals surface area contributed by atoms with Gasteiger partial charge in [0.25, 0.3) is 0 Å². The third-order valence-electron chi connectivity index (χ3n) is 3.06. The molecule has 0 aliphatic rings. The summed E-state index contributed by atoms with van der Waals surface area (Å²) in [5.41, 5.74) is 1.80. The minimum atomic E-state index is -0.0587. The molecule has 2 aromatic carbocycles. The lowest BCUT2D eigenvalue weighted by Crippen LogP contribution is -2.11. The lowest BCUT2D eigenvalue weighted by atomic mass is 10.0. The molecule has 2 aromatic rings. The number of benzene rings is 2. The van der Waals surface area contributed by atoms with Gasteiger partial charge in [-0.15, -0.1) is 0 Å². The topological polar surface area (TPSA) is 26.3 Å². The van der Waals surface area contributed by atoms with Gasteiger partial charge in [-0.1, -0.05) is 37.6 Å². The van der Waals surface area contributed by atoms with E-state index in [-0.39, 0.29) is 12.4 Å². The van der Waals surface area contributed by atoms with Gasteiger partial charge >= 0.3 is 0 Å². The summed E-state index contributed by atoms with van der Waals surface area (Å²) in [5.74, 6) is 1.10. The number of ether oxygens (including phenoxy) is 1. The molecule has 0 spiro atoms. The van der Waals surface area contributed by atoms with E-state index in [0.29, 0.717) is 16.5 Å². The Bertz CT molecular complexity index is 588. The second-order valence-corrected chi connectivity index (χ2v) is 5.38. The van der Waals surface area contributed by atoms with Gasteiger partial charge in [0.15, 0.2) is 12.4 Å². The molecule has 0 unspecified atom stereocenters. The first-order valence-electron chi connectivity index (χ1n) is 6.58. The fourth-order valence-electron chi connectivity index (χ4n) is 1.83. The molecule has 0 fully saturated rings. The van der Waals surface area contributed by atoms with E-state index in [1.54, 1.807) is 24.3 Å². The summed E-state index contributed by atoms with van der Waals surface area (Å²) in [4.78, 5) is 12.0. The average molecular weight is 289 g/mol. The second-order valence-electron chi connectivity index (χ2n) is 4.95. The molecule has 0 aromatic heterocycles. The highest BCUT2D eigenvalue weighted by Gasteiger charge is 2.07. The van der Waals surface area contributed by atoms with Crippen LogP contribution >= 0.6 is 11.6 Å². The first-order chi connectivity index (χ1) is 9.56. The van der Waals surface area contributed by atoms with Crippen LogP contribution < -0.4 is 4.74 Å². The molecule has 0 radical (unpaired) electrons. The normalized spacial score (nSPS) is 10.6. The molecule has 0 aliphatic carbocycles. The van der Waals surface area contributed by atoms with Gasteiger partial charge in [-0.25, -0.2) is 0 Å². The molecule has 0 N–H and O–H groups in total. The number of ketones is 1. The van der Waals surface area contributed by atoms with Crippen LogP contribution in [0, 0.1) is 0 Å². The van der Waals surface area contributed by atoms with Crippen molar-refractivity contribution in [1.29, 1.82) is 0 Å². The minimum absolute atomic E-state index is 0.0309. The third kappa shape index (κ3) is 3.84. The molecule has 0 saturated carbocycles. The SMILES string of the molecule is CC(C)c1cccc(OCC(=O)c2ccc(Cl)cc2)c1. The maximum absolute atomic E-state index is 12.0. The van der Waals surface area contributed by atoms with Gasteiger partial charge < -0.3 is 4.74 Å². The van der Waals surface area contributed by atoms with Crippen LogP contribution in [-0.2, 0) is 0 Å². The highest BCUT2D eigenvalue weighted by molar-refractivity contribution is 6.30. The molecular weight excluding hydrogens is 272 g/mol.